The number of aromatic nitrogens is 2. The van der Waals surface area contributed by atoms with E-state index in [-0.39, 0.29) is 17.4 Å². The summed E-state index contributed by atoms with van der Waals surface area (Å²) in [6.07, 6.45) is 2.51. The van der Waals surface area contributed by atoms with Gasteiger partial charge in [-0.3, -0.25) is 9.20 Å². The van der Waals surface area contributed by atoms with Gasteiger partial charge in [0.05, 0.1) is 13.2 Å². The smallest absolute Gasteiger partial charge is 0.259 e. The van der Waals surface area contributed by atoms with Gasteiger partial charge in [-0.1, -0.05) is 6.07 Å². The molecule has 1 unspecified atom stereocenters. The maximum Gasteiger partial charge on any atom is 0.259 e. The normalized spacial score (nSPS) is 18.8. The average Bonchev–Trinajstić information content (AvgIpc) is 3.06. The summed E-state index contributed by atoms with van der Waals surface area (Å²) in [6, 6.07) is 9.10. The molecule has 7 heteroatoms. The first kappa shape index (κ1) is 19.1. The minimum atomic E-state index is -0.153. The van der Waals surface area contributed by atoms with E-state index < -0.39 is 0 Å². The second-order valence-electron chi connectivity index (χ2n) is 8.21. The highest BCUT2D eigenvalue weighted by molar-refractivity contribution is 5.62. The Kier molecular flexibility index (Phi) is 4.70. The zero-order valence-corrected chi connectivity index (χ0v) is 17.3. The van der Waals surface area contributed by atoms with E-state index in [1.165, 1.54) is 6.07 Å². The van der Waals surface area contributed by atoms with E-state index in [2.05, 4.69) is 22.8 Å². The highest BCUT2D eigenvalue weighted by atomic mass is 19.1. The van der Waals surface area contributed by atoms with Crippen LogP contribution in [-0.4, -0.2) is 41.7 Å². The number of hydrogen-bond acceptors (Lipinski definition) is 5. The summed E-state index contributed by atoms with van der Waals surface area (Å²) in [6.45, 7) is 7.37. The van der Waals surface area contributed by atoms with Gasteiger partial charge < -0.3 is 14.5 Å². The number of anilines is 2. The number of benzene rings is 1. The molecular formula is C23H25FN4O2. The molecule has 0 spiro atoms. The molecule has 0 saturated carbocycles. The molecule has 0 bridgehead atoms. The van der Waals surface area contributed by atoms with Gasteiger partial charge in [0.25, 0.3) is 5.56 Å². The minimum Gasteiger partial charge on any atom is -0.378 e. The molecule has 0 amide bonds. The van der Waals surface area contributed by atoms with Crippen LogP contribution in [0, 0.1) is 12.7 Å². The average molecular weight is 408 g/mol. The maximum absolute atomic E-state index is 14.3. The molecule has 2 aromatic heterocycles. The highest BCUT2D eigenvalue weighted by Gasteiger charge is 2.29. The lowest BCUT2D eigenvalue weighted by Gasteiger charge is -2.28. The number of aryl methyl sites for hydroxylation is 1. The molecule has 1 aromatic carbocycles. The Bertz CT molecular complexity index is 1170. The van der Waals surface area contributed by atoms with E-state index in [1.807, 2.05) is 19.2 Å². The molecule has 3 aromatic rings. The molecule has 0 N–H and O–H groups in total. The number of hydrogen-bond donors (Lipinski definition) is 0. The number of morpholine rings is 1. The lowest BCUT2D eigenvalue weighted by Crippen LogP contribution is -2.37. The molecule has 2 aliphatic rings. The van der Waals surface area contributed by atoms with Crippen LogP contribution < -0.4 is 15.4 Å². The summed E-state index contributed by atoms with van der Waals surface area (Å²) in [4.78, 5) is 22.1. The van der Waals surface area contributed by atoms with Crippen LogP contribution in [0.3, 0.4) is 0 Å². The Labute approximate surface area is 174 Å². The predicted octanol–water partition coefficient (Wildman–Crippen LogP) is 2.93. The fourth-order valence-electron chi connectivity index (χ4n) is 4.57. The summed E-state index contributed by atoms with van der Waals surface area (Å²) in [5, 5.41) is 0. The zero-order chi connectivity index (χ0) is 20.8. The molecule has 30 heavy (non-hydrogen) atoms. The van der Waals surface area contributed by atoms with E-state index in [0.717, 1.165) is 35.5 Å². The lowest BCUT2D eigenvalue weighted by atomic mass is 10.1. The highest BCUT2D eigenvalue weighted by Crippen LogP contribution is 2.35. The second-order valence-corrected chi connectivity index (χ2v) is 8.21. The number of rotatable bonds is 3. The number of nitrogens with zero attached hydrogens (tertiary/aromatic N) is 4. The molecule has 5 rings (SSSR count). The first-order chi connectivity index (χ1) is 14.5. The van der Waals surface area contributed by atoms with Crippen LogP contribution in [0.4, 0.5) is 15.9 Å². The first-order valence-electron chi connectivity index (χ1n) is 10.4. The third-order valence-corrected chi connectivity index (χ3v) is 6.07. The molecule has 1 atom stereocenters. The topological polar surface area (TPSA) is 50.1 Å². The van der Waals surface area contributed by atoms with Crippen LogP contribution in [-0.2, 0) is 17.7 Å². The molecule has 1 saturated heterocycles. The van der Waals surface area contributed by atoms with Crippen LogP contribution in [0.2, 0.25) is 0 Å². The minimum absolute atomic E-state index is 0.0904. The quantitative estimate of drug-likeness (QED) is 0.667. The van der Waals surface area contributed by atoms with Gasteiger partial charge >= 0.3 is 0 Å². The summed E-state index contributed by atoms with van der Waals surface area (Å²) in [5.74, 6) is 0.536. The van der Waals surface area contributed by atoms with E-state index in [4.69, 9.17) is 9.72 Å². The van der Waals surface area contributed by atoms with Gasteiger partial charge in [0, 0.05) is 54.8 Å². The fourth-order valence-corrected chi connectivity index (χ4v) is 4.57. The number of ether oxygens (including phenoxy) is 1. The lowest BCUT2D eigenvalue weighted by molar-refractivity contribution is 0.122. The monoisotopic (exact) mass is 408 g/mol. The van der Waals surface area contributed by atoms with Crippen LogP contribution in [0.5, 0.6) is 0 Å². The first-order valence-corrected chi connectivity index (χ1v) is 10.4. The molecule has 4 heterocycles. The fraction of sp³-hybridized carbons (Fsp3) is 0.391. The number of halogens is 1. The van der Waals surface area contributed by atoms with Crippen molar-refractivity contribution in [1.82, 2.24) is 9.38 Å². The summed E-state index contributed by atoms with van der Waals surface area (Å²) in [5.41, 5.74) is 4.21. The Morgan fingerprint density at radius 3 is 2.83 bits per heavy atom. The van der Waals surface area contributed by atoms with Crippen molar-refractivity contribution in [2.24, 2.45) is 0 Å². The molecule has 0 radical (unpaired) electrons. The van der Waals surface area contributed by atoms with Gasteiger partial charge in [-0.25, -0.2) is 9.37 Å². The standard InChI is InChI=1S/C23H25FN4O2/c1-15-10-17(14-27-16(2)11-18-19(24)4-3-5-20(18)27)23-25-21(12-22(29)28(23)13-15)26-6-8-30-9-7-26/h3-5,10,12-13,16H,6-9,11,14H2,1-2H3. The maximum atomic E-state index is 14.3. The molecule has 1 fully saturated rings. The van der Waals surface area contributed by atoms with Crippen molar-refractivity contribution in [3.05, 3.63) is 69.4 Å². The van der Waals surface area contributed by atoms with Crippen LogP contribution in [0.25, 0.3) is 5.65 Å². The van der Waals surface area contributed by atoms with Gasteiger partial charge in [-0.2, -0.15) is 0 Å². The van der Waals surface area contributed by atoms with E-state index in [1.54, 1.807) is 16.5 Å². The van der Waals surface area contributed by atoms with Gasteiger partial charge in [-0.15, -0.1) is 0 Å². The van der Waals surface area contributed by atoms with Crippen LogP contribution in [0.15, 0.2) is 41.3 Å². The summed E-state index contributed by atoms with van der Waals surface area (Å²) < 4.78 is 21.4. The summed E-state index contributed by atoms with van der Waals surface area (Å²) in [7, 11) is 0. The number of fused-ring (bicyclic) bond motifs is 2. The van der Waals surface area contributed by atoms with Crippen molar-refractivity contribution >= 4 is 17.2 Å². The van der Waals surface area contributed by atoms with E-state index in [0.29, 0.717) is 37.6 Å². The van der Waals surface area contributed by atoms with Crippen molar-refractivity contribution in [3.8, 4) is 0 Å². The van der Waals surface area contributed by atoms with Crippen molar-refractivity contribution in [1.29, 1.82) is 0 Å². The van der Waals surface area contributed by atoms with Crippen molar-refractivity contribution < 1.29 is 9.13 Å². The third-order valence-electron chi connectivity index (χ3n) is 6.07. The van der Waals surface area contributed by atoms with Crippen LogP contribution in [0.1, 0.15) is 23.6 Å². The van der Waals surface area contributed by atoms with E-state index in [9.17, 15) is 9.18 Å². The molecule has 156 valence electrons. The zero-order valence-electron chi connectivity index (χ0n) is 17.3. The van der Waals surface area contributed by atoms with Crippen molar-refractivity contribution in [2.75, 3.05) is 36.1 Å². The Balaban J connectivity index is 1.60. The van der Waals surface area contributed by atoms with Crippen molar-refractivity contribution in [3.63, 3.8) is 0 Å². The number of pyridine rings is 1. The van der Waals surface area contributed by atoms with Gasteiger partial charge in [0.15, 0.2) is 0 Å². The van der Waals surface area contributed by atoms with Crippen molar-refractivity contribution in [2.45, 2.75) is 32.9 Å². The Morgan fingerprint density at radius 1 is 1.23 bits per heavy atom. The van der Waals surface area contributed by atoms with Crippen LogP contribution >= 0.6 is 0 Å². The third kappa shape index (κ3) is 3.23. The molecule has 2 aliphatic heterocycles. The SMILES string of the molecule is Cc1cc(CN2c3cccc(F)c3CC2C)c2nc(N3CCOCC3)cc(=O)n2c1. The van der Waals surface area contributed by atoms with E-state index >= 15 is 0 Å². The molecule has 6 nitrogen and oxygen atoms in total. The van der Waals surface area contributed by atoms with Gasteiger partial charge in [-0.05, 0) is 44.0 Å². The Morgan fingerprint density at radius 2 is 2.03 bits per heavy atom. The molecular weight excluding hydrogens is 383 g/mol. The summed E-state index contributed by atoms with van der Waals surface area (Å²) >= 11 is 0. The predicted molar refractivity (Wildman–Crippen MR) is 115 cm³/mol. The Hall–Kier alpha value is -2.93. The largest absolute Gasteiger partial charge is 0.378 e. The molecule has 0 aliphatic carbocycles. The van der Waals surface area contributed by atoms with Gasteiger partial charge in [0.1, 0.15) is 17.3 Å². The van der Waals surface area contributed by atoms with Gasteiger partial charge in [0.2, 0.25) is 0 Å². The second kappa shape index (κ2) is 7.40.